The van der Waals surface area contributed by atoms with Crippen LogP contribution >= 0.6 is 0 Å². The molecule has 0 aliphatic carbocycles. The summed E-state index contributed by atoms with van der Waals surface area (Å²) in [6, 6.07) is -0.316. The number of aromatic nitrogens is 5. The van der Waals surface area contributed by atoms with E-state index in [0.29, 0.717) is 5.69 Å². The zero-order valence-corrected chi connectivity index (χ0v) is 7.88. The average Bonchev–Trinajstić information content (AvgIpc) is 2.87. The molecule has 14 heavy (non-hydrogen) atoms. The van der Waals surface area contributed by atoms with Crippen LogP contribution in [0.4, 0.5) is 0 Å². The second-order valence-corrected chi connectivity index (χ2v) is 2.94. The molecule has 2 aromatic rings. The van der Waals surface area contributed by atoms with Crippen LogP contribution < -0.4 is 5.73 Å². The first-order chi connectivity index (χ1) is 6.83. The lowest BCUT2D eigenvalue weighted by molar-refractivity contribution is 0.645. The van der Waals surface area contributed by atoms with Gasteiger partial charge in [-0.25, -0.2) is 4.98 Å². The van der Waals surface area contributed by atoms with Gasteiger partial charge in [0.05, 0.1) is 6.20 Å². The number of imidazole rings is 1. The molecule has 74 valence electrons. The summed E-state index contributed by atoms with van der Waals surface area (Å²) < 4.78 is 1.99. The second kappa shape index (κ2) is 3.59. The molecule has 2 rings (SSSR count). The summed E-state index contributed by atoms with van der Waals surface area (Å²) in [7, 11) is 0. The van der Waals surface area contributed by atoms with Gasteiger partial charge in [0.15, 0.2) is 0 Å². The molecule has 0 radical (unpaired) electrons. The van der Waals surface area contributed by atoms with Crippen LogP contribution in [-0.4, -0.2) is 25.0 Å². The van der Waals surface area contributed by atoms with Crippen molar-refractivity contribution < 1.29 is 0 Å². The molecule has 0 saturated heterocycles. The molecule has 0 saturated carbocycles. The van der Waals surface area contributed by atoms with Crippen LogP contribution in [0.2, 0.25) is 0 Å². The third-order valence-corrected chi connectivity index (χ3v) is 2.12. The van der Waals surface area contributed by atoms with Gasteiger partial charge in [0.1, 0.15) is 17.6 Å². The Kier molecular flexibility index (Phi) is 2.28. The highest BCUT2D eigenvalue weighted by Crippen LogP contribution is 2.14. The largest absolute Gasteiger partial charge is 0.334 e. The van der Waals surface area contributed by atoms with E-state index in [0.717, 1.165) is 12.4 Å². The fraction of sp³-hybridized carbons (Fsp3) is 0.375. The molecule has 0 amide bonds. The normalized spacial score (nSPS) is 13.0. The van der Waals surface area contributed by atoms with Gasteiger partial charge in [0, 0.05) is 18.9 Å². The number of nitrogens with one attached hydrogen (secondary N) is 1. The number of nitrogens with two attached hydrogens (primary N) is 1. The minimum absolute atomic E-state index is 0.316. The Bertz CT molecular complexity index is 390. The Morgan fingerprint density at radius 2 is 2.50 bits per heavy atom. The zero-order chi connectivity index (χ0) is 9.97. The van der Waals surface area contributed by atoms with Gasteiger partial charge < -0.3 is 10.3 Å². The number of H-pyrrole nitrogens is 1. The van der Waals surface area contributed by atoms with E-state index < -0.39 is 0 Å². The molecule has 2 aromatic heterocycles. The van der Waals surface area contributed by atoms with Crippen molar-refractivity contribution in [2.75, 3.05) is 0 Å². The summed E-state index contributed by atoms with van der Waals surface area (Å²) in [6.07, 6.45) is 5.24. The average molecular weight is 192 g/mol. The van der Waals surface area contributed by atoms with Crippen LogP contribution in [0.1, 0.15) is 24.5 Å². The lowest BCUT2D eigenvalue weighted by atomic mass is 10.2. The predicted octanol–water partition coefficient (Wildman–Crippen LogP) is 0.0692. The van der Waals surface area contributed by atoms with Crippen molar-refractivity contribution >= 4 is 0 Å². The molecule has 1 unspecified atom stereocenters. The monoisotopic (exact) mass is 192 g/mol. The van der Waals surface area contributed by atoms with E-state index >= 15 is 0 Å². The van der Waals surface area contributed by atoms with Gasteiger partial charge in [-0.1, -0.05) is 0 Å². The third-order valence-electron chi connectivity index (χ3n) is 2.12. The Hall–Kier alpha value is -1.69. The maximum absolute atomic E-state index is 5.98. The molecular weight excluding hydrogens is 180 g/mol. The molecule has 0 spiro atoms. The SMILES string of the molecule is CCn1ccnc1C(N)c1cn[nH]n1. The Morgan fingerprint density at radius 1 is 1.64 bits per heavy atom. The predicted molar refractivity (Wildman–Crippen MR) is 50.3 cm³/mol. The van der Waals surface area contributed by atoms with E-state index in [-0.39, 0.29) is 6.04 Å². The highest BCUT2D eigenvalue weighted by atomic mass is 15.3. The highest BCUT2D eigenvalue weighted by Gasteiger charge is 2.16. The number of aromatic amines is 1. The van der Waals surface area contributed by atoms with E-state index in [1.54, 1.807) is 12.4 Å². The first-order valence-corrected chi connectivity index (χ1v) is 4.45. The summed E-state index contributed by atoms with van der Waals surface area (Å²) in [5, 5.41) is 10.2. The van der Waals surface area contributed by atoms with Crippen molar-refractivity contribution in [2.24, 2.45) is 5.73 Å². The first kappa shape index (κ1) is 8.89. The van der Waals surface area contributed by atoms with E-state index in [9.17, 15) is 0 Å². The molecule has 6 heteroatoms. The zero-order valence-electron chi connectivity index (χ0n) is 7.88. The van der Waals surface area contributed by atoms with Crippen molar-refractivity contribution in [3.63, 3.8) is 0 Å². The van der Waals surface area contributed by atoms with Crippen molar-refractivity contribution in [3.8, 4) is 0 Å². The summed E-state index contributed by atoms with van der Waals surface area (Å²) in [6.45, 7) is 2.89. The standard InChI is InChI=1S/C8H12N6/c1-2-14-4-3-10-8(14)7(9)6-5-11-13-12-6/h3-5,7H,2,9H2,1H3,(H,11,12,13). The Labute approximate surface area is 81.1 Å². The van der Waals surface area contributed by atoms with Gasteiger partial charge in [0.25, 0.3) is 0 Å². The fourth-order valence-corrected chi connectivity index (χ4v) is 1.36. The van der Waals surface area contributed by atoms with Crippen molar-refractivity contribution in [3.05, 3.63) is 30.1 Å². The summed E-state index contributed by atoms with van der Waals surface area (Å²) in [4.78, 5) is 4.20. The summed E-state index contributed by atoms with van der Waals surface area (Å²) in [5.41, 5.74) is 6.68. The molecule has 1 atom stereocenters. The van der Waals surface area contributed by atoms with E-state index in [1.165, 1.54) is 0 Å². The molecule has 0 aliphatic rings. The van der Waals surface area contributed by atoms with Crippen molar-refractivity contribution in [1.82, 2.24) is 25.0 Å². The minimum atomic E-state index is -0.316. The topological polar surface area (TPSA) is 85.4 Å². The molecule has 0 bridgehead atoms. The van der Waals surface area contributed by atoms with E-state index in [4.69, 9.17) is 5.73 Å². The molecule has 0 fully saturated rings. The first-order valence-electron chi connectivity index (χ1n) is 4.45. The minimum Gasteiger partial charge on any atom is -0.334 e. The molecule has 0 aliphatic heterocycles. The second-order valence-electron chi connectivity index (χ2n) is 2.94. The molecule has 2 heterocycles. The van der Waals surface area contributed by atoms with Crippen LogP contribution in [0.5, 0.6) is 0 Å². The highest BCUT2D eigenvalue weighted by molar-refractivity contribution is 5.12. The summed E-state index contributed by atoms with van der Waals surface area (Å²) >= 11 is 0. The third kappa shape index (κ3) is 1.39. The van der Waals surface area contributed by atoms with Crippen LogP contribution in [0.15, 0.2) is 18.6 Å². The van der Waals surface area contributed by atoms with Crippen LogP contribution in [0.25, 0.3) is 0 Å². The van der Waals surface area contributed by atoms with E-state index in [1.807, 2.05) is 17.7 Å². The van der Waals surface area contributed by atoms with Gasteiger partial charge in [-0.15, -0.1) is 0 Å². The van der Waals surface area contributed by atoms with Gasteiger partial charge >= 0.3 is 0 Å². The lowest BCUT2D eigenvalue weighted by Crippen LogP contribution is -2.17. The fourth-order valence-electron chi connectivity index (χ4n) is 1.36. The van der Waals surface area contributed by atoms with Crippen LogP contribution in [-0.2, 0) is 6.54 Å². The number of rotatable bonds is 3. The van der Waals surface area contributed by atoms with Gasteiger partial charge in [-0.3, -0.25) is 0 Å². The molecule has 3 N–H and O–H groups in total. The number of hydrogen-bond donors (Lipinski definition) is 2. The summed E-state index contributed by atoms with van der Waals surface area (Å²) in [5.74, 6) is 0.807. The van der Waals surface area contributed by atoms with Crippen LogP contribution in [0.3, 0.4) is 0 Å². The van der Waals surface area contributed by atoms with Gasteiger partial charge in [-0.2, -0.15) is 15.4 Å². The molecular formula is C8H12N6. The van der Waals surface area contributed by atoms with Gasteiger partial charge in [0.2, 0.25) is 0 Å². The number of nitrogens with zero attached hydrogens (tertiary/aromatic N) is 4. The number of aryl methyl sites for hydroxylation is 1. The lowest BCUT2D eigenvalue weighted by Gasteiger charge is -2.09. The Morgan fingerprint density at radius 3 is 3.14 bits per heavy atom. The van der Waals surface area contributed by atoms with Gasteiger partial charge in [-0.05, 0) is 6.92 Å². The van der Waals surface area contributed by atoms with E-state index in [2.05, 4.69) is 20.4 Å². The van der Waals surface area contributed by atoms with Crippen LogP contribution in [0, 0.1) is 0 Å². The molecule has 0 aromatic carbocycles. The maximum Gasteiger partial charge on any atom is 0.131 e. The van der Waals surface area contributed by atoms with Crippen molar-refractivity contribution in [1.29, 1.82) is 0 Å². The number of hydrogen-bond acceptors (Lipinski definition) is 4. The maximum atomic E-state index is 5.98. The smallest absolute Gasteiger partial charge is 0.131 e. The molecule has 6 nitrogen and oxygen atoms in total. The van der Waals surface area contributed by atoms with Crippen molar-refractivity contribution in [2.45, 2.75) is 19.5 Å². The quantitative estimate of drug-likeness (QED) is 0.720. The Balaban J connectivity index is 2.31.